The Balaban J connectivity index is 2.61. The van der Waals surface area contributed by atoms with Crippen LogP contribution in [0.1, 0.15) is 0 Å². The molecule has 0 fully saturated rings. The molecule has 2 rings (SSSR count). The van der Waals surface area contributed by atoms with Gasteiger partial charge in [0.15, 0.2) is 17.4 Å². The SMILES string of the molecule is Oc1ccc(-c2ccc(Br)c(Cl)c2F)cc1F. The molecule has 0 bridgehead atoms. The van der Waals surface area contributed by atoms with Crippen LogP contribution >= 0.6 is 27.5 Å². The maximum atomic E-state index is 13.8. The Labute approximate surface area is 110 Å². The largest absolute Gasteiger partial charge is 0.505 e. The second kappa shape index (κ2) is 4.63. The summed E-state index contributed by atoms with van der Waals surface area (Å²) < 4.78 is 27.4. The molecule has 0 aliphatic rings. The van der Waals surface area contributed by atoms with Gasteiger partial charge in [0.1, 0.15) is 0 Å². The number of benzene rings is 2. The van der Waals surface area contributed by atoms with Crippen LogP contribution in [0.2, 0.25) is 5.02 Å². The minimum atomic E-state index is -0.805. The number of rotatable bonds is 1. The summed E-state index contributed by atoms with van der Waals surface area (Å²) in [6.07, 6.45) is 0. The first-order valence-electron chi connectivity index (χ1n) is 4.63. The third-order valence-corrected chi connectivity index (χ3v) is 3.55. The van der Waals surface area contributed by atoms with Crippen LogP contribution in [-0.2, 0) is 0 Å². The van der Waals surface area contributed by atoms with Crippen molar-refractivity contribution in [3.63, 3.8) is 0 Å². The molecular weight excluding hydrogens is 313 g/mol. The summed E-state index contributed by atoms with van der Waals surface area (Å²) in [7, 11) is 0. The van der Waals surface area contributed by atoms with Crippen molar-refractivity contribution in [3.05, 3.63) is 51.5 Å². The molecule has 0 heterocycles. The minimum Gasteiger partial charge on any atom is -0.505 e. The normalized spacial score (nSPS) is 10.6. The number of aromatic hydroxyl groups is 1. The number of phenols is 1. The standard InChI is InChI=1S/C12H6BrClF2O/c13-8-3-2-7(12(16)11(8)14)6-1-4-10(17)9(15)5-6/h1-5,17H. The molecule has 0 radical (unpaired) electrons. The lowest BCUT2D eigenvalue weighted by Gasteiger charge is -2.07. The Hall–Kier alpha value is -1.13. The van der Waals surface area contributed by atoms with Crippen LogP contribution in [0.5, 0.6) is 5.75 Å². The van der Waals surface area contributed by atoms with Gasteiger partial charge in [-0.2, -0.15) is 0 Å². The van der Waals surface area contributed by atoms with E-state index < -0.39 is 17.4 Å². The highest BCUT2D eigenvalue weighted by Gasteiger charge is 2.13. The molecule has 1 N–H and O–H groups in total. The molecule has 88 valence electrons. The third-order valence-electron chi connectivity index (χ3n) is 2.29. The van der Waals surface area contributed by atoms with Crippen molar-refractivity contribution in [1.29, 1.82) is 0 Å². The van der Waals surface area contributed by atoms with Crippen molar-refractivity contribution < 1.29 is 13.9 Å². The number of hydrogen-bond acceptors (Lipinski definition) is 1. The van der Waals surface area contributed by atoms with Crippen molar-refractivity contribution in [2.45, 2.75) is 0 Å². The van der Waals surface area contributed by atoms with Crippen LogP contribution in [0, 0.1) is 11.6 Å². The molecule has 0 saturated carbocycles. The number of hydrogen-bond donors (Lipinski definition) is 1. The van der Waals surface area contributed by atoms with Gasteiger partial charge in [-0.05, 0) is 39.7 Å². The second-order valence-electron chi connectivity index (χ2n) is 3.39. The van der Waals surface area contributed by atoms with E-state index in [-0.39, 0.29) is 10.6 Å². The fourth-order valence-corrected chi connectivity index (χ4v) is 1.89. The summed E-state index contributed by atoms with van der Waals surface area (Å²) >= 11 is 8.83. The van der Waals surface area contributed by atoms with Gasteiger partial charge >= 0.3 is 0 Å². The summed E-state index contributed by atoms with van der Waals surface area (Å²) in [5.41, 5.74) is 0.490. The molecule has 2 aromatic rings. The van der Waals surface area contributed by atoms with Gasteiger partial charge in [-0.25, -0.2) is 8.78 Å². The van der Waals surface area contributed by atoms with Gasteiger partial charge in [0.2, 0.25) is 0 Å². The monoisotopic (exact) mass is 318 g/mol. The van der Waals surface area contributed by atoms with Crippen LogP contribution in [0.4, 0.5) is 8.78 Å². The van der Waals surface area contributed by atoms with Gasteiger partial charge in [-0.15, -0.1) is 0 Å². The van der Waals surface area contributed by atoms with Crippen LogP contribution in [0.3, 0.4) is 0 Å². The van der Waals surface area contributed by atoms with E-state index in [4.69, 9.17) is 16.7 Å². The number of phenolic OH excluding ortho intramolecular Hbond substituents is 1. The molecule has 0 spiro atoms. The average molecular weight is 320 g/mol. The van der Waals surface area contributed by atoms with E-state index >= 15 is 0 Å². The van der Waals surface area contributed by atoms with Gasteiger partial charge in [-0.1, -0.05) is 23.7 Å². The van der Waals surface area contributed by atoms with Crippen LogP contribution in [0.15, 0.2) is 34.8 Å². The highest BCUT2D eigenvalue weighted by molar-refractivity contribution is 9.10. The summed E-state index contributed by atoms with van der Waals surface area (Å²) in [5, 5.41) is 9.00. The average Bonchev–Trinajstić information content (AvgIpc) is 2.30. The molecule has 1 nitrogen and oxygen atoms in total. The Morgan fingerprint density at radius 3 is 2.47 bits per heavy atom. The highest BCUT2D eigenvalue weighted by Crippen LogP contribution is 2.34. The van der Waals surface area contributed by atoms with Crippen molar-refractivity contribution in [1.82, 2.24) is 0 Å². The predicted molar refractivity (Wildman–Crippen MR) is 66.2 cm³/mol. The summed E-state index contributed by atoms with van der Waals surface area (Å²) in [5.74, 6) is -1.91. The Morgan fingerprint density at radius 1 is 1.12 bits per heavy atom. The van der Waals surface area contributed by atoms with Crippen molar-refractivity contribution in [3.8, 4) is 16.9 Å². The van der Waals surface area contributed by atoms with E-state index in [9.17, 15) is 8.78 Å². The van der Waals surface area contributed by atoms with Crippen molar-refractivity contribution in [2.75, 3.05) is 0 Å². The van der Waals surface area contributed by atoms with Gasteiger partial charge in [-0.3, -0.25) is 0 Å². The summed E-state index contributed by atoms with van der Waals surface area (Å²) in [6, 6.07) is 6.70. The lowest BCUT2D eigenvalue weighted by Crippen LogP contribution is -1.88. The zero-order chi connectivity index (χ0) is 12.6. The second-order valence-corrected chi connectivity index (χ2v) is 4.62. The lowest BCUT2D eigenvalue weighted by atomic mass is 10.0. The zero-order valence-electron chi connectivity index (χ0n) is 8.35. The molecule has 0 aliphatic carbocycles. The van der Waals surface area contributed by atoms with Crippen LogP contribution in [0.25, 0.3) is 11.1 Å². The molecule has 2 aromatic carbocycles. The van der Waals surface area contributed by atoms with E-state index in [1.807, 2.05) is 0 Å². The van der Waals surface area contributed by atoms with E-state index in [1.54, 1.807) is 6.07 Å². The molecule has 0 amide bonds. The summed E-state index contributed by atoms with van der Waals surface area (Å²) in [4.78, 5) is 0. The minimum absolute atomic E-state index is 0.0593. The van der Waals surface area contributed by atoms with Crippen LogP contribution < -0.4 is 0 Å². The molecule has 5 heteroatoms. The molecule has 0 atom stereocenters. The maximum Gasteiger partial charge on any atom is 0.165 e. The first kappa shape index (κ1) is 12.3. The summed E-state index contributed by atoms with van der Waals surface area (Å²) in [6.45, 7) is 0. The van der Waals surface area contributed by atoms with E-state index in [0.29, 0.717) is 10.0 Å². The molecule has 17 heavy (non-hydrogen) atoms. The quantitative estimate of drug-likeness (QED) is 0.752. The third kappa shape index (κ3) is 2.28. The molecule has 0 aromatic heterocycles. The molecule has 0 saturated heterocycles. The Bertz CT molecular complexity index is 587. The lowest BCUT2D eigenvalue weighted by molar-refractivity contribution is 0.432. The van der Waals surface area contributed by atoms with E-state index in [2.05, 4.69) is 15.9 Å². The fraction of sp³-hybridized carbons (Fsp3) is 0. The smallest absolute Gasteiger partial charge is 0.165 e. The molecule has 0 unspecified atom stereocenters. The highest BCUT2D eigenvalue weighted by atomic mass is 79.9. The van der Waals surface area contributed by atoms with Gasteiger partial charge in [0.05, 0.1) is 5.02 Å². The number of halogens is 4. The van der Waals surface area contributed by atoms with Gasteiger partial charge < -0.3 is 5.11 Å². The maximum absolute atomic E-state index is 13.8. The van der Waals surface area contributed by atoms with Crippen LogP contribution in [-0.4, -0.2) is 5.11 Å². The van der Waals surface area contributed by atoms with E-state index in [0.717, 1.165) is 6.07 Å². The van der Waals surface area contributed by atoms with Crippen molar-refractivity contribution in [2.24, 2.45) is 0 Å². The molecular formula is C12H6BrClF2O. The Kier molecular flexibility index (Phi) is 3.35. The zero-order valence-corrected chi connectivity index (χ0v) is 10.7. The van der Waals surface area contributed by atoms with Gasteiger partial charge in [0, 0.05) is 10.0 Å². The first-order chi connectivity index (χ1) is 8.00. The molecule has 0 aliphatic heterocycles. The van der Waals surface area contributed by atoms with E-state index in [1.165, 1.54) is 18.2 Å². The Morgan fingerprint density at radius 2 is 1.82 bits per heavy atom. The van der Waals surface area contributed by atoms with Crippen molar-refractivity contribution >= 4 is 27.5 Å². The van der Waals surface area contributed by atoms with Gasteiger partial charge in [0.25, 0.3) is 0 Å². The fourth-order valence-electron chi connectivity index (χ4n) is 1.42. The predicted octanol–water partition coefficient (Wildman–Crippen LogP) is 4.75. The topological polar surface area (TPSA) is 20.2 Å². The first-order valence-corrected chi connectivity index (χ1v) is 5.80.